The minimum atomic E-state index is -2.95. The SMILES string of the molecule is Cc1ccc(NCC(=O)Nc2ccccc2OC(F)F)c(Br)c1. The highest BCUT2D eigenvalue weighted by atomic mass is 79.9. The molecule has 0 fully saturated rings. The maximum absolute atomic E-state index is 12.3. The highest BCUT2D eigenvalue weighted by Crippen LogP contribution is 2.26. The van der Waals surface area contributed by atoms with Crippen molar-refractivity contribution in [2.24, 2.45) is 0 Å². The van der Waals surface area contributed by atoms with Crippen LogP contribution in [0.5, 0.6) is 5.75 Å². The van der Waals surface area contributed by atoms with Gasteiger partial charge < -0.3 is 15.4 Å². The largest absolute Gasteiger partial charge is 0.433 e. The lowest BCUT2D eigenvalue weighted by Crippen LogP contribution is -2.22. The summed E-state index contributed by atoms with van der Waals surface area (Å²) in [4.78, 5) is 12.0. The van der Waals surface area contributed by atoms with Gasteiger partial charge in [0.25, 0.3) is 0 Å². The second kappa shape index (κ2) is 7.92. The molecule has 2 aromatic carbocycles. The number of benzene rings is 2. The van der Waals surface area contributed by atoms with Crippen molar-refractivity contribution in [3.63, 3.8) is 0 Å². The maximum atomic E-state index is 12.3. The van der Waals surface area contributed by atoms with Crippen molar-refractivity contribution in [1.29, 1.82) is 0 Å². The number of aryl methyl sites for hydroxylation is 1. The molecule has 7 heteroatoms. The van der Waals surface area contributed by atoms with Crippen molar-refractivity contribution in [2.45, 2.75) is 13.5 Å². The minimum absolute atomic E-state index is 0.00925. The lowest BCUT2D eigenvalue weighted by molar-refractivity contribution is -0.114. The van der Waals surface area contributed by atoms with Crippen molar-refractivity contribution in [1.82, 2.24) is 0 Å². The van der Waals surface area contributed by atoms with Gasteiger partial charge in [-0.25, -0.2) is 0 Å². The average Bonchev–Trinajstić information content (AvgIpc) is 2.48. The van der Waals surface area contributed by atoms with Gasteiger partial charge in [0, 0.05) is 10.2 Å². The molecule has 2 rings (SSSR count). The molecule has 0 aliphatic carbocycles. The Kier molecular flexibility index (Phi) is 5.92. The number of rotatable bonds is 6. The number of anilines is 2. The van der Waals surface area contributed by atoms with Crippen molar-refractivity contribution >= 4 is 33.2 Å². The summed E-state index contributed by atoms with van der Waals surface area (Å²) in [6.45, 7) is -0.999. The first-order valence-electron chi connectivity index (χ1n) is 6.79. The predicted molar refractivity (Wildman–Crippen MR) is 89.1 cm³/mol. The summed E-state index contributed by atoms with van der Waals surface area (Å²) in [5.74, 6) is -0.449. The van der Waals surface area contributed by atoms with Gasteiger partial charge in [0.05, 0.1) is 12.2 Å². The van der Waals surface area contributed by atoms with E-state index in [0.29, 0.717) is 0 Å². The van der Waals surface area contributed by atoms with E-state index < -0.39 is 6.61 Å². The van der Waals surface area contributed by atoms with Crippen molar-refractivity contribution in [2.75, 3.05) is 17.2 Å². The molecule has 0 aliphatic rings. The molecule has 0 aliphatic heterocycles. The van der Waals surface area contributed by atoms with Crippen LogP contribution >= 0.6 is 15.9 Å². The third-order valence-corrected chi connectivity index (χ3v) is 3.60. The van der Waals surface area contributed by atoms with Crippen LogP contribution in [0.1, 0.15) is 5.56 Å². The van der Waals surface area contributed by atoms with Crippen LogP contribution in [-0.4, -0.2) is 19.1 Å². The van der Waals surface area contributed by atoms with Crippen molar-refractivity contribution in [3.8, 4) is 5.75 Å². The Morgan fingerprint density at radius 1 is 1.22 bits per heavy atom. The van der Waals surface area contributed by atoms with Crippen LogP contribution in [0.2, 0.25) is 0 Å². The molecular formula is C16H15BrF2N2O2. The molecule has 0 saturated carbocycles. The molecule has 0 radical (unpaired) electrons. The molecule has 2 N–H and O–H groups in total. The molecule has 23 heavy (non-hydrogen) atoms. The number of carbonyl (C=O) groups is 1. The lowest BCUT2D eigenvalue weighted by atomic mass is 10.2. The van der Waals surface area contributed by atoms with Crippen LogP contribution in [-0.2, 0) is 4.79 Å². The van der Waals surface area contributed by atoms with E-state index in [1.807, 2.05) is 25.1 Å². The van der Waals surface area contributed by atoms with Gasteiger partial charge in [-0.2, -0.15) is 8.78 Å². The molecule has 0 aromatic heterocycles. The summed E-state index contributed by atoms with van der Waals surface area (Å²) in [5.41, 5.74) is 2.05. The summed E-state index contributed by atoms with van der Waals surface area (Å²) < 4.78 is 29.9. The Morgan fingerprint density at radius 3 is 2.65 bits per heavy atom. The first kappa shape index (κ1) is 17.2. The van der Waals surface area contributed by atoms with Gasteiger partial charge in [-0.3, -0.25) is 4.79 Å². The number of hydrogen-bond acceptors (Lipinski definition) is 3. The van der Waals surface area contributed by atoms with E-state index in [4.69, 9.17) is 0 Å². The first-order chi connectivity index (χ1) is 11.0. The standard InChI is InChI=1S/C16H15BrF2N2O2/c1-10-6-7-12(11(17)8-10)20-9-15(22)21-13-4-2-3-5-14(13)23-16(18)19/h2-8,16,20H,9H2,1H3,(H,21,22). The first-order valence-corrected chi connectivity index (χ1v) is 7.58. The zero-order valence-electron chi connectivity index (χ0n) is 12.3. The highest BCUT2D eigenvalue weighted by Gasteiger charge is 2.11. The van der Waals surface area contributed by atoms with Gasteiger partial charge in [-0.15, -0.1) is 0 Å². The van der Waals surface area contributed by atoms with Crippen molar-refractivity contribution < 1.29 is 18.3 Å². The minimum Gasteiger partial charge on any atom is -0.433 e. The van der Waals surface area contributed by atoms with E-state index in [1.165, 1.54) is 12.1 Å². The highest BCUT2D eigenvalue weighted by molar-refractivity contribution is 9.10. The Hall–Kier alpha value is -2.15. The summed E-state index contributed by atoms with van der Waals surface area (Å²) in [7, 11) is 0. The monoisotopic (exact) mass is 384 g/mol. The summed E-state index contributed by atoms with van der Waals surface area (Å²) in [6.07, 6.45) is 0. The Morgan fingerprint density at radius 2 is 1.96 bits per heavy atom. The predicted octanol–water partition coefficient (Wildman–Crippen LogP) is 4.41. The zero-order valence-corrected chi connectivity index (χ0v) is 13.9. The lowest BCUT2D eigenvalue weighted by Gasteiger charge is -2.13. The molecule has 0 unspecified atom stereocenters. The van der Waals surface area contributed by atoms with Crippen LogP contribution in [0.4, 0.5) is 20.2 Å². The second-order valence-corrected chi connectivity index (χ2v) is 5.61. The molecule has 4 nitrogen and oxygen atoms in total. The van der Waals surface area contributed by atoms with Crippen LogP contribution in [0.3, 0.4) is 0 Å². The van der Waals surface area contributed by atoms with Crippen LogP contribution in [0.15, 0.2) is 46.9 Å². The Balaban J connectivity index is 1.97. The van der Waals surface area contributed by atoms with Crippen LogP contribution in [0, 0.1) is 6.92 Å². The Labute approximate surface area is 141 Å². The number of amides is 1. The molecule has 0 spiro atoms. The fourth-order valence-electron chi connectivity index (χ4n) is 1.90. The topological polar surface area (TPSA) is 50.4 Å². The second-order valence-electron chi connectivity index (χ2n) is 4.76. The van der Waals surface area contributed by atoms with E-state index in [9.17, 15) is 13.6 Å². The summed E-state index contributed by atoms with van der Waals surface area (Å²) in [5, 5.41) is 5.51. The molecular weight excluding hydrogens is 370 g/mol. The van der Waals surface area contributed by atoms with E-state index in [0.717, 1.165) is 15.7 Å². The molecule has 122 valence electrons. The summed E-state index contributed by atoms with van der Waals surface area (Å²) >= 11 is 3.41. The van der Waals surface area contributed by atoms with E-state index in [2.05, 4.69) is 31.3 Å². The molecule has 0 bridgehead atoms. The third-order valence-electron chi connectivity index (χ3n) is 2.94. The molecule has 0 heterocycles. The van der Waals surface area contributed by atoms with Gasteiger partial charge in [0.15, 0.2) is 0 Å². The number of ether oxygens (including phenoxy) is 1. The smallest absolute Gasteiger partial charge is 0.387 e. The number of alkyl halides is 2. The quantitative estimate of drug-likeness (QED) is 0.775. The number of carbonyl (C=O) groups excluding carboxylic acids is 1. The van der Waals surface area contributed by atoms with Gasteiger partial charge >= 0.3 is 6.61 Å². The fraction of sp³-hybridized carbons (Fsp3) is 0.188. The number of nitrogens with one attached hydrogen (secondary N) is 2. The van der Waals surface area contributed by atoms with Crippen LogP contribution in [0.25, 0.3) is 0 Å². The van der Waals surface area contributed by atoms with E-state index in [-0.39, 0.29) is 23.9 Å². The van der Waals surface area contributed by atoms with Gasteiger partial charge in [-0.05, 0) is 52.7 Å². The summed E-state index contributed by atoms with van der Waals surface area (Å²) in [6, 6.07) is 11.7. The van der Waals surface area contributed by atoms with E-state index in [1.54, 1.807) is 12.1 Å². The average molecular weight is 385 g/mol. The van der Waals surface area contributed by atoms with Gasteiger partial charge in [-0.1, -0.05) is 18.2 Å². The van der Waals surface area contributed by atoms with Crippen molar-refractivity contribution in [3.05, 3.63) is 52.5 Å². The normalized spacial score (nSPS) is 10.5. The third kappa shape index (κ3) is 5.21. The molecule has 2 aromatic rings. The fourth-order valence-corrected chi connectivity index (χ4v) is 2.54. The van der Waals surface area contributed by atoms with Gasteiger partial charge in [0.2, 0.25) is 5.91 Å². The van der Waals surface area contributed by atoms with Gasteiger partial charge in [0.1, 0.15) is 5.75 Å². The molecule has 0 atom stereocenters. The molecule has 0 saturated heterocycles. The number of halogens is 3. The number of para-hydroxylation sites is 2. The maximum Gasteiger partial charge on any atom is 0.387 e. The van der Waals surface area contributed by atoms with Crippen LogP contribution < -0.4 is 15.4 Å². The van der Waals surface area contributed by atoms with E-state index >= 15 is 0 Å². The zero-order chi connectivity index (χ0) is 16.8. The Bertz CT molecular complexity index is 696. The molecule has 1 amide bonds. The number of hydrogen-bond donors (Lipinski definition) is 2.